The lowest BCUT2D eigenvalue weighted by Crippen LogP contribution is -2.33. The van der Waals surface area contributed by atoms with Crippen LogP contribution in [0, 0.1) is 5.82 Å². The molecule has 2 atom stereocenters. The molecule has 2 unspecified atom stereocenters. The molecule has 1 aromatic heterocycles. The maximum Gasteiger partial charge on any atom is 0.160 e. The van der Waals surface area contributed by atoms with Gasteiger partial charge in [-0.2, -0.15) is 0 Å². The summed E-state index contributed by atoms with van der Waals surface area (Å²) in [5, 5.41) is 3.38. The molecule has 0 saturated heterocycles. The van der Waals surface area contributed by atoms with Crippen molar-refractivity contribution in [1.29, 1.82) is 0 Å². The lowest BCUT2D eigenvalue weighted by Gasteiger charge is -2.32. The first kappa shape index (κ1) is 12.4. The number of fused-ring (bicyclic) bond motifs is 1. The van der Waals surface area contributed by atoms with Gasteiger partial charge >= 0.3 is 0 Å². The highest BCUT2D eigenvalue weighted by Crippen LogP contribution is 2.38. The van der Waals surface area contributed by atoms with Crippen LogP contribution in [0.3, 0.4) is 0 Å². The largest absolute Gasteiger partial charge is 0.480 e. The van der Waals surface area contributed by atoms with E-state index in [0.717, 1.165) is 21.6 Å². The van der Waals surface area contributed by atoms with Crippen molar-refractivity contribution in [2.45, 2.75) is 19.1 Å². The molecule has 0 saturated carbocycles. The van der Waals surface area contributed by atoms with Crippen LogP contribution in [-0.4, -0.2) is 11.0 Å². The number of ether oxygens (including phenoxy) is 1. The van der Waals surface area contributed by atoms with Crippen LogP contribution < -0.4 is 10.1 Å². The third kappa shape index (κ3) is 2.42. The molecule has 0 bridgehead atoms. The second kappa shape index (κ2) is 4.81. The minimum atomic E-state index is -0.343. The van der Waals surface area contributed by atoms with E-state index in [1.807, 2.05) is 25.1 Å². The average molecular weight is 323 g/mol. The normalized spacial score (nSPS) is 21.2. The summed E-state index contributed by atoms with van der Waals surface area (Å²) in [6.45, 7) is 2.01. The highest BCUT2D eigenvalue weighted by Gasteiger charge is 2.28. The van der Waals surface area contributed by atoms with Crippen LogP contribution in [0.1, 0.15) is 18.7 Å². The predicted octanol–water partition coefficient (Wildman–Crippen LogP) is 3.92. The van der Waals surface area contributed by atoms with E-state index < -0.39 is 0 Å². The molecular weight excluding hydrogens is 311 g/mol. The van der Waals surface area contributed by atoms with Crippen molar-refractivity contribution < 1.29 is 9.13 Å². The van der Waals surface area contributed by atoms with Crippen molar-refractivity contribution in [2.75, 3.05) is 5.32 Å². The van der Waals surface area contributed by atoms with Crippen LogP contribution in [-0.2, 0) is 0 Å². The van der Waals surface area contributed by atoms with E-state index >= 15 is 0 Å². The molecule has 0 radical (unpaired) electrons. The number of rotatable bonds is 1. The lowest BCUT2D eigenvalue weighted by atomic mass is 10.1. The number of halogens is 2. The lowest BCUT2D eigenvalue weighted by molar-refractivity contribution is 0.173. The molecule has 0 spiro atoms. The summed E-state index contributed by atoms with van der Waals surface area (Å²) in [4.78, 5) is 4.09. The molecule has 1 aliphatic heterocycles. The predicted molar refractivity (Wildman–Crippen MR) is 74.8 cm³/mol. The van der Waals surface area contributed by atoms with Crippen molar-refractivity contribution >= 4 is 21.6 Å². The standard InChI is InChI=1S/C14H12BrFN2O/c1-8-14(11-4-3-10(16)7-17-11)19-13-5-2-9(15)6-12(13)18-8/h2-8,14,18H,1H3. The Morgan fingerprint density at radius 2 is 2.16 bits per heavy atom. The van der Waals surface area contributed by atoms with Crippen molar-refractivity contribution in [1.82, 2.24) is 4.98 Å². The van der Waals surface area contributed by atoms with Crippen LogP contribution in [0.5, 0.6) is 5.75 Å². The first-order chi connectivity index (χ1) is 9.13. The van der Waals surface area contributed by atoms with Gasteiger partial charge in [0.1, 0.15) is 11.6 Å². The van der Waals surface area contributed by atoms with Gasteiger partial charge in [-0.05, 0) is 37.3 Å². The highest BCUT2D eigenvalue weighted by atomic mass is 79.9. The third-order valence-corrected chi connectivity index (χ3v) is 3.57. The molecule has 0 amide bonds. The molecule has 0 aliphatic carbocycles. The molecule has 1 aliphatic rings. The van der Waals surface area contributed by atoms with Crippen LogP contribution in [0.2, 0.25) is 0 Å². The zero-order chi connectivity index (χ0) is 13.4. The Labute approximate surface area is 118 Å². The van der Waals surface area contributed by atoms with Crippen molar-refractivity contribution in [3.05, 3.63) is 52.5 Å². The van der Waals surface area contributed by atoms with Crippen molar-refractivity contribution in [2.24, 2.45) is 0 Å². The Kier molecular flexibility index (Phi) is 3.14. The molecule has 1 N–H and O–H groups in total. The van der Waals surface area contributed by atoms with E-state index in [2.05, 4.69) is 26.2 Å². The molecule has 2 heterocycles. The summed E-state index contributed by atoms with van der Waals surface area (Å²) in [6.07, 6.45) is 0.983. The second-order valence-electron chi connectivity index (χ2n) is 4.51. The number of aromatic nitrogens is 1. The zero-order valence-corrected chi connectivity index (χ0v) is 11.8. The number of nitrogens with zero attached hydrogens (tertiary/aromatic N) is 1. The minimum Gasteiger partial charge on any atom is -0.480 e. The maximum absolute atomic E-state index is 12.9. The van der Waals surface area contributed by atoms with Gasteiger partial charge in [-0.25, -0.2) is 4.39 Å². The van der Waals surface area contributed by atoms with Crippen LogP contribution in [0.4, 0.5) is 10.1 Å². The monoisotopic (exact) mass is 322 g/mol. The van der Waals surface area contributed by atoms with Crippen LogP contribution >= 0.6 is 15.9 Å². The minimum absolute atomic E-state index is 0.0553. The van der Waals surface area contributed by atoms with Gasteiger partial charge in [-0.1, -0.05) is 15.9 Å². The maximum atomic E-state index is 12.9. The van der Waals surface area contributed by atoms with E-state index in [9.17, 15) is 4.39 Å². The SMILES string of the molecule is CC1Nc2cc(Br)ccc2OC1c1ccc(F)cn1. The van der Waals surface area contributed by atoms with Gasteiger partial charge in [0, 0.05) is 4.47 Å². The smallest absolute Gasteiger partial charge is 0.160 e. The van der Waals surface area contributed by atoms with E-state index in [1.54, 1.807) is 6.07 Å². The molecule has 5 heteroatoms. The first-order valence-corrected chi connectivity index (χ1v) is 6.77. The highest BCUT2D eigenvalue weighted by molar-refractivity contribution is 9.10. The van der Waals surface area contributed by atoms with Crippen molar-refractivity contribution in [3.63, 3.8) is 0 Å². The number of hydrogen-bond donors (Lipinski definition) is 1. The summed E-state index contributed by atoms with van der Waals surface area (Å²) in [5.41, 5.74) is 1.66. The fourth-order valence-corrected chi connectivity index (χ4v) is 2.51. The molecule has 98 valence electrons. The quantitative estimate of drug-likeness (QED) is 0.864. The number of anilines is 1. The third-order valence-electron chi connectivity index (χ3n) is 3.07. The van der Waals surface area contributed by atoms with E-state index in [-0.39, 0.29) is 18.0 Å². The van der Waals surface area contributed by atoms with E-state index in [4.69, 9.17) is 4.74 Å². The molecule has 2 aromatic rings. The van der Waals surface area contributed by atoms with Crippen LogP contribution in [0.15, 0.2) is 41.0 Å². The van der Waals surface area contributed by atoms with E-state index in [1.165, 1.54) is 12.3 Å². The van der Waals surface area contributed by atoms with Gasteiger partial charge in [0.15, 0.2) is 6.10 Å². The first-order valence-electron chi connectivity index (χ1n) is 5.98. The van der Waals surface area contributed by atoms with Gasteiger partial charge in [-0.15, -0.1) is 0 Å². The number of benzene rings is 1. The Bertz CT molecular complexity index is 603. The number of pyridine rings is 1. The summed E-state index contributed by atoms with van der Waals surface area (Å²) >= 11 is 3.43. The molecule has 3 rings (SSSR count). The second-order valence-corrected chi connectivity index (χ2v) is 5.43. The summed E-state index contributed by atoms with van der Waals surface area (Å²) < 4.78 is 19.9. The van der Waals surface area contributed by atoms with E-state index in [0.29, 0.717) is 0 Å². The Hall–Kier alpha value is -1.62. The summed E-state index contributed by atoms with van der Waals surface area (Å²) in [7, 11) is 0. The van der Waals surface area contributed by atoms with Crippen LogP contribution in [0.25, 0.3) is 0 Å². The number of hydrogen-bond acceptors (Lipinski definition) is 3. The van der Waals surface area contributed by atoms with Gasteiger partial charge < -0.3 is 10.1 Å². The van der Waals surface area contributed by atoms with Gasteiger partial charge in [0.2, 0.25) is 0 Å². The molecule has 0 fully saturated rings. The summed E-state index contributed by atoms with van der Waals surface area (Å²) in [6, 6.07) is 8.90. The Morgan fingerprint density at radius 1 is 1.32 bits per heavy atom. The van der Waals surface area contributed by atoms with Gasteiger partial charge in [0.05, 0.1) is 23.6 Å². The Morgan fingerprint density at radius 3 is 2.89 bits per heavy atom. The fraction of sp³-hybridized carbons (Fsp3) is 0.214. The van der Waals surface area contributed by atoms with Crippen molar-refractivity contribution in [3.8, 4) is 5.75 Å². The molecular formula is C14H12BrFN2O. The Balaban J connectivity index is 1.93. The molecule has 1 aromatic carbocycles. The summed E-state index contributed by atoms with van der Waals surface area (Å²) in [5.74, 6) is 0.432. The topological polar surface area (TPSA) is 34.1 Å². The zero-order valence-electron chi connectivity index (χ0n) is 10.2. The average Bonchev–Trinajstić information content (AvgIpc) is 2.39. The fourth-order valence-electron chi connectivity index (χ4n) is 2.15. The molecule has 19 heavy (non-hydrogen) atoms. The van der Waals surface area contributed by atoms with Gasteiger partial charge in [-0.3, -0.25) is 4.98 Å². The molecule has 3 nitrogen and oxygen atoms in total. The van der Waals surface area contributed by atoms with Gasteiger partial charge in [0.25, 0.3) is 0 Å². The number of nitrogens with one attached hydrogen (secondary N) is 1.